The molecular weight excluding hydrogens is 242 g/mol. The van der Waals surface area contributed by atoms with Crippen LogP contribution in [0.5, 0.6) is 0 Å². The molecular formula is C14H17N3O2. The molecule has 0 aromatic carbocycles. The van der Waals surface area contributed by atoms with E-state index in [1.807, 2.05) is 0 Å². The molecule has 1 aliphatic carbocycles. The van der Waals surface area contributed by atoms with E-state index >= 15 is 0 Å². The van der Waals surface area contributed by atoms with E-state index in [9.17, 15) is 9.59 Å². The lowest BCUT2D eigenvalue weighted by atomic mass is 9.77. The molecule has 2 heterocycles. The number of rotatable bonds is 2. The van der Waals surface area contributed by atoms with Gasteiger partial charge in [0.1, 0.15) is 12.2 Å². The van der Waals surface area contributed by atoms with Crippen molar-refractivity contribution in [3.05, 3.63) is 24.3 Å². The molecule has 0 radical (unpaired) electrons. The number of hydrogen-bond acceptors (Lipinski definition) is 4. The highest BCUT2D eigenvalue weighted by Gasteiger charge is 2.52. The van der Waals surface area contributed by atoms with E-state index < -0.39 is 11.5 Å². The highest BCUT2D eigenvalue weighted by molar-refractivity contribution is 6.13. The van der Waals surface area contributed by atoms with E-state index in [1.165, 1.54) is 6.33 Å². The van der Waals surface area contributed by atoms with Gasteiger partial charge in [-0.2, -0.15) is 0 Å². The summed E-state index contributed by atoms with van der Waals surface area (Å²) in [6, 6.07) is 0. The summed E-state index contributed by atoms with van der Waals surface area (Å²) in [5.41, 5.74) is 0.263. The second-order valence-electron chi connectivity index (χ2n) is 5.50. The predicted octanol–water partition coefficient (Wildman–Crippen LogP) is 1.04. The smallest absolute Gasteiger partial charge is 0.231 e. The molecule has 19 heavy (non-hydrogen) atoms. The number of nitrogens with zero attached hydrogens (tertiary/aromatic N) is 2. The highest BCUT2D eigenvalue weighted by atomic mass is 16.2. The summed E-state index contributed by atoms with van der Waals surface area (Å²) in [6.07, 6.45) is 9.97. The van der Waals surface area contributed by atoms with Gasteiger partial charge in [0, 0.05) is 12.4 Å². The lowest BCUT2D eigenvalue weighted by molar-refractivity contribution is -0.129. The zero-order valence-corrected chi connectivity index (χ0v) is 10.8. The predicted molar refractivity (Wildman–Crippen MR) is 68.2 cm³/mol. The lowest BCUT2D eigenvalue weighted by Crippen LogP contribution is -2.48. The van der Waals surface area contributed by atoms with Crippen molar-refractivity contribution in [3.8, 4) is 0 Å². The van der Waals surface area contributed by atoms with Gasteiger partial charge in [0.25, 0.3) is 0 Å². The molecule has 0 bridgehead atoms. The molecule has 1 atom stereocenters. The van der Waals surface area contributed by atoms with Crippen molar-refractivity contribution in [1.82, 2.24) is 15.3 Å². The largest absolute Gasteiger partial charge is 0.343 e. The summed E-state index contributed by atoms with van der Waals surface area (Å²) in [5, 5.41) is 2.96. The first-order valence-corrected chi connectivity index (χ1v) is 6.81. The Bertz CT molecular complexity index is 495. The SMILES string of the molecule is O=C1NC2(CCCCC2)C(=O)C1Cc1cncnc1. The fourth-order valence-corrected chi connectivity index (χ4v) is 3.22. The fraction of sp³-hybridized carbons (Fsp3) is 0.571. The van der Waals surface area contributed by atoms with E-state index in [0.717, 1.165) is 37.7 Å². The number of carbonyl (C=O) groups is 2. The van der Waals surface area contributed by atoms with E-state index in [0.29, 0.717) is 6.42 Å². The summed E-state index contributed by atoms with van der Waals surface area (Å²) in [4.78, 5) is 32.5. The summed E-state index contributed by atoms with van der Waals surface area (Å²) < 4.78 is 0. The molecule has 5 heteroatoms. The minimum Gasteiger partial charge on any atom is -0.343 e. The van der Waals surface area contributed by atoms with Crippen LogP contribution >= 0.6 is 0 Å². The average Bonchev–Trinajstić information content (AvgIpc) is 2.66. The molecule has 1 saturated carbocycles. The van der Waals surface area contributed by atoms with Gasteiger partial charge in [-0.3, -0.25) is 9.59 Å². The van der Waals surface area contributed by atoms with Gasteiger partial charge in [0.05, 0.1) is 5.54 Å². The maximum atomic E-state index is 12.6. The minimum absolute atomic E-state index is 0.0704. The molecule has 1 spiro atoms. The molecule has 1 aromatic rings. The molecule has 5 nitrogen and oxygen atoms in total. The molecule has 1 unspecified atom stereocenters. The number of hydrogen-bond donors (Lipinski definition) is 1. The molecule has 2 aliphatic rings. The van der Waals surface area contributed by atoms with Crippen LogP contribution in [0.25, 0.3) is 0 Å². The van der Waals surface area contributed by atoms with Crippen LogP contribution in [0.2, 0.25) is 0 Å². The van der Waals surface area contributed by atoms with Crippen LogP contribution in [0.4, 0.5) is 0 Å². The first kappa shape index (κ1) is 12.3. The van der Waals surface area contributed by atoms with Crippen LogP contribution in [-0.4, -0.2) is 27.2 Å². The summed E-state index contributed by atoms with van der Waals surface area (Å²) in [7, 11) is 0. The van der Waals surface area contributed by atoms with Crippen molar-refractivity contribution < 1.29 is 9.59 Å². The van der Waals surface area contributed by atoms with Crippen molar-refractivity contribution in [2.24, 2.45) is 5.92 Å². The Kier molecular flexibility index (Phi) is 3.05. The van der Waals surface area contributed by atoms with E-state index in [1.54, 1.807) is 12.4 Å². The van der Waals surface area contributed by atoms with Crippen LogP contribution in [0, 0.1) is 5.92 Å². The summed E-state index contributed by atoms with van der Waals surface area (Å²) in [5.74, 6) is -0.624. The van der Waals surface area contributed by atoms with Crippen LogP contribution in [0.15, 0.2) is 18.7 Å². The maximum Gasteiger partial charge on any atom is 0.231 e. The third-order valence-electron chi connectivity index (χ3n) is 4.23. The van der Waals surface area contributed by atoms with Crippen LogP contribution in [0.3, 0.4) is 0 Å². The Morgan fingerprint density at radius 1 is 1.16 bits per heavy atom. The molecule has 1 saturated heterocycles. The Hall–Kier alpha value is -1.78. The number of ketones is 1. The molecule has 1 aromatic heterocycles. The molecule has 1 aliphatic heterocycles. The third kappa shape index (κ3) is 2.13. The summed E-state index contributed by atoms with van der Waals surface area (Å²) >= 11 is 0. The zero-order valence-electron chi connectivity index (χ0n) is 10.8. The van der Waals surface area contributed by atoms with Gasteiger partial charge in [-0.1, -0.05) is 19.3 Å². The summed E-state index contributed by atoms with van der Waals surface area (Å²) in [6.45, 7) is 0. The van der Waals surface area contributed by atoms with Crippen LogP contribution < -0.4 is 5.32 Å². The topological polar surface area (TPSA) is 72.0 Å². The van der Waals surface area contributed by atoms with Crippen LogP contribution in [-0.2, 0) is 16.0 Å². The Labute approximate surface area is 111 Å². The minimum atomic E-state index is -0.574. The standard InChI is InChI=1S/C14H17N3O2/c18-12-11(6-10-7-15-9-16-8-10)13(19)17-14(12)4-2-1-3-5-14/h7-9,11H,1-6H2,(H,17,19). The number of carbonyl (C=O) groups excluding carboxylic acids is 2. The first-order valence-electron chi connectivity index (χ1n) is 6.81. The zero-order chi connectivity index (χ0) is 13.3. The molecule has 1 amide bonds. The molecule has 1 N–H and O–H groups in total. The normalized spacial score (nSPS) is 25.6. The Morgan fingerprint density at radius 2 is 1.84 bits per heavy atom. The average molecular weight is 259 g/mol. The fourth-order valence-electron chi connectivity index (χ4n) is 3.22. The number of Topliss-reactive ketones (excluding diaryl/α,β-unsaturated/α-hetero) is 1. The van der Waals surface area contributed by atoms with E-state index in [-0.39, 0.29) is 11.7 Å². The van der Waals surface area contributed by atoms with E-state index in [2.05, 4.69) is 15.3 Å². The first-order chi connectivity index (χ1) is 9.21. The highest BCUT2D eigenvalue weighted by Crippen LogP contribution is 2.36. The van der Waals surface area contributed by atoms with Crippen molar-refractivity contribution >= 4 is 11.7 Å². The molecule has 3 rings (SSSR count). The van der Waals surface area contributed by atoms with Crippen molar-refractivity contribution in [3.63, 3.8) is 0 Å². The van der Waals surface area contributed by atoms with Crippen LogP contribution in [0.1, 0.15) is 37.7 Å². The lowest BCUT2D eigenvalue weighted by Gasteiger charge is -2.31. The Balaban J connectivity index is 1.79. The monoisotopic (exact) mass is 259 g/mol. The second-order valence-corrected chi connectivity index (χ2v) is 5.50. The number of nitrogens with one attached hydrogen (secondary N) is 1. The molecule has 100 valence electrons. The van der Waals surface area contributed by atoms with Gasteiger partial charge in [-0.05, 0) is 24.8 Å². The number of aromatic nitrogens is 2. The van der Waals surface area contributed by atoms with Crippen molar-refractivity contribution in [1.29, 1.82) is 0 Å². The van der Waals surface area contributed by atoms with Gasteiger partial charge in [-0.25, -0.2) is 9.97 Å². The Morgan fingerprint density at radius 3 is 2.53 bits per heavy atom. The third-order valence-corrected chi connectivity index (χ3v) is 4.23. The maximum absolute atomic E-state index is 12.6. The van der Waals surface area contributed by atoms with E-state index in [4.69, 9.17) is 0 Å². The van der Waals surface area contributed by atoms with Gasteiger partial charge in [-0.15, -0.1) is 0 Å². The van der Waals surface area contributed by atoms with Gasteiger partial charge in [0.15, 0.2) is 5.78 Å². The van der Waals surface area contributed by atoms with Gasteiger partial charge >= 0.3 is 0 Å². The van der Waals surface area contributed by atoms with Gasteiger partial charge < -0.3 is 5.32 Å². The van der Waals surface area contributed by atoms with Crippen molar-refractivity contribution in [2.45, 2.75) is 44.1 Å². The number of amides is 1. The second kappa shape index (κ2) is 4.72. The van der Waals surface area contributed by atoms with Gasteiger partial charge in [0.2, 0.25) is 5.91 Å². The quantitative estimate of drug-likeness (QED) is 0.805. The molecule has 2 fully saturated rings. The van der Waals surface area contributed by atoms with Crippen molar-refractivity contribution in [2.75, 3.05) is 0 Å².